The quantitative estimate of drug-likeness (QED) is 0.0527. The maximum atomic E-state index is 13.5. The van der Waals surface area contributed by atoms with Crippen LogP contribution in [0.3, 0.4) is 0 Å². The summed E-state index contributed by atoms with van der Waals surface area (Å²) in [7, 11) is 10.1. The molecule has 0 radical (unpaired) electrons. The van der Waals surface area contributed by atoms with E-state index in [0.717, 1.165) is 98.7 Å². The Kier molecular flexibility index (Phi) is 27.2. The molecule has 2 saturated heterocycles. The Morgan fingerprint density at radius 2 is 1.00 bits per heavy atom. The van der Waals surface area contributed by atoms with Crippen LogP contribution in [0.4, 0.5) is 4.39 Å². The number of halogens is 1. The molecule has 6 aromatic heterocycles. The van der Waals surface area contributed by atoms with Crippen LogP contribution in [0.2, 0.25) is 0 Å². The molecule has 132 heavy (non-hydrogen) atoms. The molecule has 5 aliphatic heterocycles. The summed E-state index contributed by atoms with van der Waals surface area (Å²) in [6.45, 7) is 14.1. The van der Waals surface area contributed by atoms with E-state index in [1.807, 2.05) is 192 Å². The molecule has 31 heteroatoms. The van der Waals surface area contributed by atoms with Gasteiger partial charge in [0.05, 0.1) is 82.3 Å². The van der Waals surface area contributed by atoms with Crippen LogP contribution in [0.5, 0.6) is 0 Å². The second-order valence-corrected chi connectivity index (χ2v) is 35.7. The number of fused-ring (bicyclic) bond motifs is 1. The number of likely N-dealkylation sites (N-methyl/N-ethyl adjacent to an activating group) is 2. The molecule has 18 rings (SSSR count). The van der Waals surface area contributed by atoms with Crippen LogP contribution >= 0.6 is 22.7 Å². The number of hydrogen-bond donors (Lipinski definition) is 7. The lowest BCUT2D eigenvalue weighted by atomic mass is 9.76. The van der Waals surface area contributed by atoms with Crippen molar-refractivity contribution in [3.8, 4) is 67.9 Å². The van der Waals surface area contributed by atoms with Crippen LogP contribution in [-0.2, 0) is 58.7 Å². The van der Waals surface area contributed by atoms with Crippen LogP contribution in [0.1, 0.15) is 140 Å². The van der Waals surface area contributed by atoms with Gasteiger partial charge in [-0.2, -0.15) is 20.0 Å². The maximum absolute atomic E-state index is 13.5. The van der Waals surface area contributed by atoms with E-state index < -0.39 is 45.5 Å². The number of pyridine rings is 2. The minimum Gasteiger partial charge on any atom is -0.369 e. The number of nitriles is 2. The second kappa shape index (κ2) is 38.8. The Bertz CT molecular complexity index is 6690. The topological polar surface area (TPSA) is 400 Å². The minimum absolute atomic E-state index is 0.0213. The molecular weight excluding hydrogens is 1700 g/mol. The van der Waals surface area contributed by atoms with Gasteiger partial charge in [0.25, 0.3) is 0 Å². The number of benzene rings is 7. The number of aryl methyl sites for hydroxylation is 1. The van der Waals surface area contributed by atoms with Gasteiger partial charge in [-0.25, -0.2) is 29.9 Å². The molecule has 13 aromatic rings. The lowest BCUT2D eigenvalue weighted by Crippen LogP contribution is -2.58. The number of thiophene rings is 2. The Morgan fingerprint density at radius 1 is 0.492 bits per heavy atom. The number of hydrogen-bond acceptors (Lipinski definition) is 22. The number of carbonyl (C=O) groups is 5. The van der Waals surface area contributed by atoms with E-state index in [1.54, 1.807) is 94.1 Å². The minimum atomic E-state index is -0.958. The van der Waals surface area contributed by atoms with Gasteiger partial charge in [0.1, 0.15) is 22.9 Å². The van der Waals surface area contributed by atoms with Gasteiger partial charge in [-0.3, -0.25) is 69.0 Å². The number of nitrogens with one attached hydrogen (secondary N) is 4. The fraction of sp³-hybridized carbons (Fsp3) is 0.238. The van der Waals surface area contributed by atoms with Crippen molar-refractivity contribution in [3.05, 3.63) is 315 Å². The van der Waals surface area contributed by atoms with E-state index in [1.165, 1.54) is 50.2 Å². The third-order valence-corrected chi connectivity index (χ3v) is 26.6. The van der Waals surface area contributed by atoms with E-state index >= 15 is 0 Å². The van der Waals surface area contributed by atoms with Gasteiger partial charge in [0.15, 0.2) is 29.8 Å². The van der Waals surface area contributed by atoms with Gasteiger partial charge < -0.3 is 27.8 Å². The number of nitrogens with two attached hydrogens (primary N) is 3. The summed E-state index contributed by atoms with van der Waals surface area (Å²) in [5.41, 5.74) is 31.9. The van der Waals surface area contributed by atoms with Crippen molar-refractivity contribution < 1.29 is 28.4 Å². The number of amides is 5. The molecular formula is C101H100FN23O5S2. The number of rotatable bonds is 13. The summed E-state index contributed by atoms with van der Waals surface area (Å²) >= 11 is 3.03. The molecule has 0 spiro atoms. The molecule has 5 amide bonds. The molecule has 28 nitrogen and oxygen atoms in total. The first kappa shape index (κ1) is 92.6. The fourth-order valence-corrected chi connectivity index (χ4v) is 18.8. The first-order valence-electron chi connectivity index (χ1n) is 42.5. The third-order valence-electron chi connectivity index (χ3n) is 24.2. The first-order chi connectivity index (χ1) is 63.1. The molecule has 0 saturated carbocycles. The van der Waals surface area contributed by atoms with Crippen molar-refractivity contribution in [2.24, 2.45) is 49.2 Å². The van der Waals surface area contributed by atoms with Gasteiger partial charge in [0.2, 0.25) is 35.5 Å². The summed E-state index contributed by atoms with van der Waals surface area (Å²) in [5, 5.41) is 40.2. The molecule has 7 atom stereocenters. The number of guanidine groups is 5. The third kappa shape index (κ3) is 19.8. The van der Waals surface area contributed by atoms with E-state index in [2.05, 4.69) is 130 Å². The highest BCUT2D eigenvalue weighted by atomic mass is 32.1. The average molecular weight is 1800 g/mol. The number of nitrogens with zero attached hydrogens (tertiary/aromatic N) is 16. The Balaban J connectivity index is 0.000000135. The fourth-order valence-electron chi connectivity index (χ4n) is 16.7. The highest BCUT2D eigenvalue weighted by Crippen LogP contribution is 2.49. The maximum Gasteiger partial charge on any atom is 0.239 e. The second-order valence-electron chi connectivity index (χ2n) is 33.9. The summed E-state index contributed by atoms with van der Waals surface area (Å²) in [4.78, 5) is 107. The summed E-state index contributed by atoms with van der Waals surface area (Å²) in [5.74, 6) is 0.00405. The van der Waals surface area contributed by atoms with Crippen LogP contribution in [0.25, 0.3) is 66.7 Å². The Morgan fingerprint density at radius 3 is 1.57 bits per heavy atom. The zero-order valence-electron chi connectivity index (χ0n) is 75.2. The highest BCUT2D eigenvalue weighted by Gasteiger charge is 2.51. The lowest BCUT2D eigenvalue weighted by Gasteiger charge is -2.40. The van der Waals surface area contributed by atoms with Crippen molar-refractivity contribution in [1.29, 1.82) is 10.5 Å². The molecule has 5 aliphatic rings. The van der Waals surface area contributed by atoms with Crippen LogP contribution in [0.15, 0.2) is 279 Å². The van der Waals surface area contributed by atoms with E-state index in [4.69, 9.17) is 27.2 Å². The average Bonchev–Trinajstić information content (AvgIpc) is 1.28. The van der Waals surface area contributed by atoms with Gasteiger partial charge in [0, 0.05) is 99.4 Å². The molecule has 0 bridgehead atoms. The number of carbonyl (C=O) groups excluding carboxylic acids is 5. The lowest BCUT2D eigenvalue weighted by molar-refractivity contribution is -0.131. The van der Waals surface area contributed by atoms with Gasteiger partial charge in [-0.1, -0.05) is 141 Å². The monoisotopic (exact) mass is 1800 g/mol. The molecule has 0 aliphatic carbocycles. The van der Waals surface area contributed by atoms with Crippen LogP contribution < -0.4 is 38.5 Å². The smallest absolute Gasteiger partial charge is 0.239 e. The molecule has 2 fully saturated rings. The summed E-state index contributed by atoms with van der Waals surface area (Å²) in [6, 6.07) is 72.6. The molecule has 11 heterocycles. The van der Waals surface area contributed by atoms with E-state index in [0.29, 0.717) is 47.5 Å². The highest BCUT2D eigenvalue weighted by molar-refractivity contribution is 7.11. The van der Waals surface area contributed by atoms with Gasteiger partial charge in [-0.15, -0.1) is 22.7 Å². The van der Waals surface area contributed by atoms with Crippen molar-refractivity contribution in [2.75, 3.05) is 35.2 Å². The summed E-state index contributed by atoms with van der Waals surface area (Å²) < 4.78 is 15.0. The number of aliphatic imine (C=N–C) groups is 5. The van der Waals surface area contributed by atoms with Crippen molar-refractivity contribution in [1.82, 2.24) is 65.7 Å². The first-order valence-corrected chi connectivity index (χ1v) is 44.2. The largest absolute Gasteiger partial charge is 0.369 e. The van der Waals surface area contributed by atoms with Crippen LogP contribution in [-0.4, -0.2) is 139 Å². The van der Waals surface area contributed by atoms with Crippen molar-refractivity contribution in [2.45, 2.75) is 113 Å². The number of aromatic nitrogens is 6. The Hall–Kier alpha value is -15.6. The molecule has 7 aromatic carbocycles. The van der Waals surface area contributed by atoms with Gasteiger partial charge in [-0.05, 0) is 197 Å². The van der Waals surface area contributed by atoms with Gasteiger partial charge >= 0.3 is 0 Å². The molecule has 10 N–H and O–H groups in total. The predicted molar refractivity (Wildman–Crippen MR) is 516 cm³/mol. The normalized spacial score (nSPS) is 21.6. The molecule has 1 unspecified atom stereocenters. The van der Waals surface area contributed by atoms with Crippen LogP contribution in [0, 0.1) is 28.6 Å². The molecule has 668 valence electrons. The van der Waals surface area contributed by atoms with Crippen molar-refractivity contribution >= 4 is 92.9 Å². The zero-order valence-corrected chi connectivity index (χ0v) is 76.9. The van der Waals surface area contributed by atoms with E-state index in [9.17, 15) is 38.9 Å². The Labute approximate surface area is 772 Å². The predicted octanol–water partition coefficient (Wildman–Crippen LogP) is 14.9. The van der Waals surface area contributed by atoms with Crippen molar-refractivity contribution in [3.63, 3.8) is 0 Å². The SMILES string of the molecule is CC(C)c1ccc(C2C(=O)N(C)C(N)=N[C@]2(C)c2cc(-c3cccc(C#N)c3)nn2C)cc1.CN1C(=O)C[C@@](C)(c2cc(-c3ccnc(F)c3)cs2)N=C1N.CN1C(=O)[C@H](c2ccc3ncccc3c2)[C@@](C)(c2cc(-c3cccc(C#N)c3)cs2)N=C1N.CN=C1NC(=O)C[C@@](C)(c2cccc(-c3ccccc3)c2)N1.CN=C1NC(=O)C[C@@](C)(c2cccc(-c3cncnc3)c2)N1. The zero-order chi connectivity index (χ0) is 94.1. The van der Waals surface area contributed by atoms with E-state index in [-0.39, 0.29) is 53.8 Å². The standard InChI is InChI=1S/C26H28N6O.C26H21N5OS.C18H19N3O.C16H17N5O.C15H15FN4OS/c1-16(2)18-9-11-19(12-10-18)23-24(33)31(4)25(28)29-26(23,3)22-14-21(30-32(22)5)20-8-6-7-17(13-20)15-27;1-26(22-13-20(15-33-22)17-6-3-5-16(11-17)14-27)23(24(32)31(2)25(28)30-26)19-8-9-21-18(12-19)7-4-10-29-21;1-18(12-16(22)20-17(19-2)21-18)15-10-6-9-14(11-15)13-7-4-3-5-8-13;1-16(7-14(22)20-15(17-2)21-16)13-5-3-4-11(6-13)12-8-18-10-19-9-12;1-15(7-13(21)20(2)14(17)19-15)11-5-10(8-22-11)9-3-4-18-12(16)6-9/h6-14,16,23H,1-5H3,(H2,28,29);3-13,15,23H,1-2H3,(H2,28,30);3-11H,12H2,1-2H3,(H2,19,20,21,22);3-6,8-10H,7H2,1-2H3,(H2,17,20,21,22);3-6,8H,7H2,1-2H3,(H2,17,19)/t23?,26-;23-,26+;18-;16-;15-/m10000/s1. The summed E-state index contributed by atoms with van der Waals surface area (Å²) in [6.07, 6.45) is 9.22.